The number of aromatic nitrogens is 1. The third kappa shape index (κ3) is 2.22. The van der Waals surface area contributed by atoms with Crippen molar-refractivity contribution in [2.75, 3.05) is 18.0 Å². The van der Waals surface area contributed by atoms with Crippen LogP contribution in [0, 0.1) is 12.3 Å². The Bertz CT molecular complexity index is 439. The van der Waals surface area contributed by atoms with E-state index >= 15 is 0 Å². The molecule has 1 aromatic heterocycles. The van der Waals surface area contributed by atoms with Crippen molar-refractivity contribution in [1.29, 1.82) is 5.41 Å². The van der Waals surface area contributed by atoms with Gasteiger partial charge in [0.2, 0.25) is 0 Å². The number of nitrogens with one attached hydrogen (secondary N) is 1. The van der Waals surface area contributed by atoms with Gasteiger partial charge in [0.1, 0.15) is 11.7 Å². The van der Waals surface area contributed by atoms with Crippen LogP contribution in [0.2, 0.25) is 0 Å². The molecule has 0 spiro atoms. The number of aryl methyl sites for hydroxylation is 1. The molecule has 1 saturated heterocycles. The summed E-state index contributed by atoms with van der Waals surface area (Å²) in [6.07, 6.45) is -1.56. The number of nitrogens with zero attached hydrogens (tertiary/aromatic N) is 2. The quantitative estimate of drug-likeness (QED) is 0.398. The zero-order chi connectivity index (χ0) is 12.6. The Kier molecular flexibility index (Phi) is 2.99. The molecule has 2 atom stereocenters. The molecule has 17 heavy (non-hydrogen) atoms. The third-order valence-electron chi connectivity index (χ3n) is 2.86. The average Bonchev–Trinajstić information content (AvgIpc) is 2.58. The lowest BCUT2D eigenvalue weighted by atomic mass is 10.2. The van der Waals surface area contributed by atoms with Crippen molar-refractivity contribution < 1.29 is 10.2 Å². The van der Waals surface area contributed by atoms with Gasteiger partial charge in [0, 0.05) is 18.8 Å². The van der Waals surface area contributed by atoms with Crippen LogP contribution in [0.15, 0.2) is 12.1 Å². The number of amidine groups is 1. The first-order chi connectivity index (χ1) is 7.99. The van der Waals surface area contributed by atoms with Crippen molar-refractivity contribution >= 4 is 11.7 Å². The van der Waals surface area contributed by atoms with Crippen molar-refractivity contribution in [3.05, 3.63) is 23.4 Å². The predicted octanol–water partition coefficient (Wildman–Crippen LogP) is -0.784. The van der Waals surface area contributed by atoms with E-state index in [1.807, 2.05) is 6.92 Å². The zero-order valence-electron chi connectivity index (χ0n) is 9.59. The molecule has 2 rings (SSSR count). The van der Waals surface area contributed by atoms with E-state index < -0.39 is 12.2 Å². The summed E-state index contributed by atoms with van der Waals surface area (Å²) < 4.78 is 0. The van der Waals surface area contributed by atoms with Crippen LogP contribution >= 0.6 is 0 Å². The third-order valence-corrected chi connectivity index (χ3v) is 2.86. The van der Waals surface area contributed by atoms with E-state index in [0.29, 0.717) is 24.5 Å². The van der Waals surface area contributed by atoms with Crippen LogP contribution in [0.3, 0.4) is 0 Å². The Balaban J connectivity index is 2.37. The summed E-state index contributed by atoms with van der Waals surface area (Å²) in [5, 5.41) is 26.5. The predicted molar refractivity (Wildman–Crippen MR) is 64.2 cm³/mol. The molecule has 1 aliphatic heterocycles. The summed E-state index contributed by atoms with van der Waals surface area (Å²) in [6.45, 7) is 2.45. The van der Waals surface area contributed by atoms with Crippen LogP contribution in [-0.2, 0) is 0 Å². The summed E-state index contributed by atoms with van der Waals surface area (Å²) in [7, 11) is 0. The van der Waals surface area contributed by atoms with Crippen molar-refractivity contribution in [3.8, 4) is 0 Å². The summed E-state index contributed by atoms with van der Waals surface area (Å²) in [6, 6.07) is 3.51. The van der Waals surface area contributed by atoms with Crippen molar-refractivity contribution in [2.24, 2.45) is 5.73 Å². The number of pyridine rings is 1. The summed E-state index contributed by atoms with van der Waals surface area (Å²) in [5.74, 6) is 0.483. The first-order valence-corrected chi connectivity index (χ1v) is 5.42. The van der Waals surface area contributed by atoms with E-state index in [9.17, 15) is 10.2 Å². The molecule has 0 bridgehead atoms. The molecule has 2 unspecified atom stereocenters. The van der Waals surface area contributed by atoms with E-state index in [1.165, 1.54) is 0 Å². The van der Waals surface area contributed by atoms with E-state index in [0.717, 1.165) is 5.69 Å². The van der Waals surface area contributed by atoms with Gasteiger partial charge in [-0.3, -0.25) is 5.41 Å². The second-order valence-electron chi connectivity index (χ2n) is 4.28. The number of β-amino-alcohol motifs (C(OH)–C–C–N with tert-alkyl or cyclic N) is 2. The minimum absolute atomic E-state index is 0.0663. The van der Waals surface area contributed by atoms with E-state index in [1.54, 1.807) is 17.0 Å². The lowest BCUT2D eigenvalue weighted by Crippen LogP contribution is -2.26. The van der Waals surface area contributed by atoms with Gasteiger partial charge in [-0.1, -0.05) is 0 Å². The zero-order valence-corrected chi connectivity index (χ0v) is 9.59. The molecular formula is C11H16N4O2. The highest BCUT2D eigenvalue weighted by Crippen LogP contribution is 2.23. The van der Waals surface area contributed by atoms with Crippen LogP contribution in [0.4, 0.5) is 5.82 Å². The fraction of sp³-hybridized carbons (Fsp3) is 0.455. The highest BCUT2D eigenvalue weighted by molar-refractivity contribution is 5.99. The molecule has 0 aromatic carbocycles. The van der Waals surface area contributed by atoms with Crippen molar-refractivity contribution in [2.45, 2.75) is 19.1 Å². The monoisotopic (exact) mass is 236 g/mol. The van der Waals surface area contributed by atoms with Crippen LogP contribution in [0.1, 0.15) is 11.3 Å². The number of hydrogen-bond acceptors (Lipinski definition) is 5. The van der Waals surface area contributed by atoms with Crippen LogP contribution in [0.5, 0.6) is 0 Å². The molecular weight excluding hydrogens is 220 g/mol. The Morgan fingerprint density at radius 2 is 2.00 bits per heavy atom. The highest BCUT2D eigenvalue weighted by atomic mass is 16.3. The summed E-state index contributed by atoms with van der Waals surface area (Å²) in [5.41, 5.74) is 6.82. The molecule has 6 nitrogen and oxygen atoms in total. The maximum atomic E-state index is 9.52. The van der Waals surface area contributed by atoms with E-state index in [-0.39, 0.29) is 5.84 Å². The van der Waals surface area contributed by atoms with Gasteiger partial charge in [-0.15, -0.1) is 0 Å². The first-order valence-electron chi connectivity index (χ1n) is 5.42. The van der Waals surface area contributed by atoms with Gasteiger partial charge in [-0.25, -0.2) is 4.98 Å². The topological polar surface area (TPSA) is 106 Å². The molecule has 0 saturated carbocycles. The van der Waals surface area contributed by atoms with Gasteiger partial charge in [0.25, 0.3) is 0 Å². The summed E-state index contributed by atoms with van der Waals surface area (Å²) >= 11 is 0. The van der Waals surface area contributed by atoms with Gasteiger partial charge in [-0.2, -0.15) is 0 Å². The number of anilines is 1. The standard InChI is InChI=1S/C11H16N4O2/c1-6-2-3-7(10(12)13)11(14-6)15-4-8(16)9(17)5-15/h2-3,8-9,16-17H,4-5H2,1H3,(H3,12,13). The fourth-order valence-corrected chi connectivity index (χ4v) is 1.94. The maximum Gasteiger partial charge on any atom is 0.140 e. The van der Waals surface area contributed by atoms with Crippen LogP contribution < -0.4 is 10.6 Å². The Hall–Kier alpha value is -1.66. The Morgan fingerprint density at radius 3 is 2.53 bits per heavy atom. The fourth-order valence-electron chi connectivity index (χ4n) is 1.94. The van der Waals surface area contributed by atoms with E-state index in [2.05, 4.69) is 4.98 Å². The van der Waals surface area contributed by atoms with Crippen molar-refractivity contribution in [3.63, 3.8) is 0 Å². The van der Waals surface area contributed by atoms with Gasteiger partial charge in [0.15, 0.2) is 0 Å². The van der Waals surface area contributed by atoms with Crippen LogP contribution in [-0.4, -0.2) is 46.3 Å². The number of aliphatic hydroxyl groups is 2. The molecule has 1 aromatic rings. The average molecular weight is 236 g/mol. The molecule has 6 heteroatoms. The molecule has 2 heterocycles. The van der Waals surface area contributed by atoms with E-state index in [4.69, 9.17) is 11.1 Å². The highest BCUT2D eigenvalue weighted by Gasteiger charge is 2.31. The molecule has 1 fully saturated rings. The second-order valence-corrected chi connectivity index (χ2v) is 4.28. The molecule has 0 aliphatic carbocycles. The normalized spacial score (nSPS) is 24.1. The van der Waals surface area contributed by atoms with Gasteiger partial charge in [0.05, 0.1) is 17.8 Å². The van der Waals surface area contributed by atoms with Crippen molar-refractivity contribution in [1.82, 2.24) is 4.98 Å². The maximum absolute atomic E-state index is 9.52. The minimum atomic E-state index is -0.780. The molecule has 92 valence electrons. The van der Waals surface area contributed by atoms with Gasteiger partial charge < -0.3 is 20.8 Å². The van der Waals surface area contributed by atoms with Crippen LogP contribution in [0.25, 0.3) is 0 Å². The number of aliphatic hydroxyl groups excluding tert-OH is 2. The smallest absolute Gasteiger partial charge is 0.140 e. The lowest BCUT2D eigenvalue weighted by molar-refractivity contribution is 0.0572. The molecule has 1 aliphatic rings. The van der Waals surface area contributed by atoms with Gasteiger partial charge in [-0.05, 0) is 19.1 Å². The number of nitrogen functional groups attached to an aromatic ring is 1. The number of rotatable bonds is 2. The second kappa shape index (κ2) is 4.31. The SMILES string of the molecule is Cc1ccc(C(=N)N)c(N2CC(O)C(O)C2)n1. The number of nitrogens with two attached hydrogens (primary N) is 1. The Morgan fingerprint density at radius 1 is 1.41 bits per heavy atom. The lowest BCUT2D eigenvalue weighted by Gasteiger charge is -2.20. The largest absolute Gasteiger partial charge is 0.389 e. The molecule has 0 radical (unpaired) electrons. The molecule has 5 N–H and O–H groups in total. The minimum Gasteiger partial charge on any atom is -0.389 e. The van der Waals surface area contributed by atoms with Gasteiger partial charge >= 0.3 is 0 Å². The first kappa shape index (κ1) is 11.8. The summed E-state index contributed by atoms with van der Waals surface area (Å²) in [4.78, 5) is 6.08. The Labute approximate surface area is 99.2 Å². The number of hydrogen-bond donors (Lipinski definition) is 4. The molecule has 0 amide bonds.